The van der Waals surface area contributed by atoms with Gasteiger partial charge in [0.1, 0.15) is 0 Å². The van der Waals surface area contributed by atoms with Crippen LogP contribution in [0.1, 0.15) is 20.3 Å². The molecule has 0 aromatic carbocycles. The van der Waals surface area contributed by atoms with Gasteiger partial charge >= 0.3 is 5.97 Å². The van der Waals surface area contributed by atoms with E-state index in [4.69, 9.17) is 0 Å². The van der Waals surface area contributed by atoms with E-state index in [-0.39, 0.29) is 0 Å². The number of carboxylic acids is 1. The lowest BCUT2D eigenvalue weighted by Gasteiger charge is -2.23. The van der Waals surface area contributed by atoms with Crippen LogP contribution in [0.15, 0.2) is 22.9 Å². The van der Waals surface area contributed by atoms with Crippen LogP contribution in [0.25, 0.3) is 11.4 Å². The largest absolute Gasteiger partial charge is 0.479 e. The highest BCUT2D eigenvalue weighted by atomic mass is 79.9. The van der Waals surface area contributed by atoms with E-state index in [2.05, 4.69) is 36.4 Å². The molecule has 19 heavy (non-hydrogen) atoms. The number of hydrogen-bond acceptors (Lipinski definition) is 5. The number of halogens is 1. The van der Waals surface area contributed by atoms with Crippen LogP contribution in [0.4, 0.5) is 0 Å². The first-order valence-electron chi connectivity index (χ1n) is 5.62. The molecule has 0 spiro atoms. The summed E-state index contributed by atoms with van der Waals surface area (Å²) in [6, 6.07) is 1.78. The first kappa shape index (κ1) is 13.6. The minimum absolute atomic E-state index is 0.363. The van der Waals surface area contributed by atoms with Crippen LogP contribution >= 0.6 is 15.9 Å². The summed E-state index contributed by atoms with van der Waals surface area (Å²) in [4.78, 5) is 15.5. The van der Waals surface area contributed by atoms with Gasteiger partial charge < -0.3 is 5.11 Å². The highest BCUT2D eigenvalue weighted by molar-refractivity contribution is 9.10. The number of carbonyl (C=O) groups is 1. The topological polar surface area (TPSA) is 93.8 Å². The highest BCUT2D eigenvalue weighted by Crippen LogP contribution is 2.26. The average molecular weight is 326 g/mol. The van der Waals surface area contributed by atoms with Crippen LogP contribution in [-0.4, -0.2) is 36.3 Å². The number of pyridine rings is 1. The Morgan fingerprint density at radius 1 is 1.53 bits per heavy atom. The van der Waals surface area contributed by atoms with E-state index in [1.807, 2.05) is 0 Å². The van der Waals surface area contributed by atoms with Crippen molar-refractivity contribution in [2.75, 3.05) is 0 Å². The minimum Gasteiger partial charge on any atom is -0.479 e. The van der Waals surface area contributed by atoms with E-state index in [1.54, 1.807) is 32.3 Å². The van der Waals surface area contributed by atoms with Crippen molar-refractivity contribution in [3.05, 3.63) is 22.9 Å². The van der Waals surface area contributed by atoms with Crippen molar-refractivity contribution in [1.29, 1.82) is 0 Å². The van der Waals surface area contributed by atoms with Crippen LogP contribution in [0.3, 0.4) is 0 Å². The summed E-state index contributed by atoms with van der Waals surface area (Å²) in [5.74, 6) is -0.605. The quantitative estimate of drug-likeness (QED) is 0.919. The molecule has 0 fully saturated rings. The van der Waals surface area contributed by atoms with Gasteiger partial charge in [0.15, 0.2) is 11.4 Å². The van der Waals surface area contributed by atoms with Gasteiger partial charge in [-0.1, -0.05) is 6.92 Å². The van der Waals surface area contributed by atoms with Gasteiger partial charge in [0, 0.05) is 22.4 Å². The summed E-state index contributed by atoms with van der Waals surface area (Å²) in [5, 5.41) is 20.7. The second-order valence-corrected chi connectivity index (χ2v) is 5.15. The number of tetrazole rings is 1. The average Bonchev–Trinajstić information content (AvgIpc) is 2.87. The Labute approximate surface area is 117 Å². The van der Waals surface area contributed by atoms with Crippen molar-refractivity contribution in [1.82, 2.24) is 25.2 Å². The molecule has 7 nitrogen and oxygen atoms in total. The molecule has 0 aliphatic heterocycles. The molecule has 1 N–H and O–H groups in total. The van der Waals surface area contributed by atoms with Crippen molar-refractivity contribution >= 4 is 21.9 Å². The summed E-state index contributed by atoms with van der Waals surface area (Å²) >= 11 is 3.31. The smallest absolute Gasteiger partial charge is 0.331 e. The molecule has 0 saturated heterocycles. The Kier molecular flexibility index (Phi) is 3.61. The molecule has 0 amide bonds. The van der Waals surface area contributed by atoms with Gasteiger partial charge in [-0.25, -0.2) is 9.48 Å². The van der Waals surface area contributed by atoms with Gasteiger partial charge in [-0.3, -0.25) is 4.98 Å². The SMILES string of the molecule is CCC(C)(C(=O)O)n1nnnc1-c1cncc(Br)c1. The lowest BCUT2D eigenvalue weighted by atomic mass is 9.99. The van der Waals surface area contributed by atoms with Crippen LogP contribution in [0.2, 0.25) is 0 Å². The van der Waals surface area contributed by atoms with Crippen molar-refractivity contribution in [3.63, 3.8) is 0 Å². The Morgan fingerprint density at radius 2 is 2.26 bits per heavy atom. The number of aromatic nitrogens is 5. The minimum atomic E-state index is -1.19. The zero-order chi connectivity index (χ0) is 14.0. The van der Waals surface area contributed by atoms with Gasteiger partial charge in [-0.2, -0.15) is 0 Å². The number of nitrogens with zero attached hydrogens (tertiary/aromatic N) is 5. The van der Waals surface area contributed by atoms with E-state index in [0.29, 0.717) is 17.8 Å². The number of aliphatic carboxylic acids is 1. The fourth-order valence-corrected chi connectivity index (χ4v) is 1.99. The van der Waals surface area contributed by atoms with Crippen LogP contribution < -0.4 is 0 Å². The molecule has 1 unspecified atom stereocenters. The van der Waals surface area contributed by atoms with E-state index in [0.717, 1.165) is 4.47 Å². The second-order valence-electron chi connectivity index (χ2n) is 4.24. The maximum absolute atomic E-state index is 11.5. The number of hydrogen-bond donors (Lipinski definition) is 1. The Hall–Kier alpha value is -1.83. The van der Waals surface area contributed by atoms with Crippen LogP contribution in [0.5, 0.6) is 0 Å². The predicted octanol–water partition coefficient (Wildman–Crippen LogP) is 1.71. The van der Waals surface area contributed by atoms with Crippen molar-refractivity contribution in [3.8, 4) is 11.4 Å². The molecule has 0 bridgehead atoms. The third kappa shape index (κ3) is 2.35. The van der Waals surface area contributed by atoms with Gasteiger partial charge in [0.2, 0.25) is 0 Å². The number of carboxylic acid groups (broad SMARTS) is 1. The maximum Gasteiger partial charge on any atom is 0.331 e. The molecule has 0 aliphatic carbocycles. The molecule has 0 radical (unpaired) electrons. The third-order valence-corrected chi connectivity index (χ3v) is 3.48. The number of rotatable bonds is 4. The lowest BCUT2D eigenvalue weighted by Crippen LogP contribution is -2.39. The van der Waals surface area contributed by atoms with Crippen molar-refractivity contribution in [2.45, 2.75) is 25.8 Å². The highest BCUT2D eigenvalue weighted by Gasteiger charge is 2.37. The molecule has 2 rings (SSSR count). The molecule has 2 aromatic rings. The van der Waals surface area contributed by atoms with Crippen molar-refractivity contribution in [2.24, 2.45) is 0 Å². The molecule has 1 atom stereocenters. The van der Waals surface area contributed by atoms with E-state index in [1.165, 1.54) is 4.68 Å². The second kappa shape index (κ2) is 5.04. The standard InChI is InChI=1S/C11H12BrN5O2/c1-3-11(2,10(18)19)17-9(14-15-16-17)7-4-8(12)6-13-5-7/h4-6H,3H2,1-2H3,(H,18,19). The predicted molar refractivity (Wildman–Crippen MR) is 70.3 cm³/mol. The van der Waals surface area contributed by atoms with Gasteiger partial charge in [0.05, 0.1) is 0 Å². The molecular formula is C11H12BrN5O2. The first-order chi connectivity index (χ1) is 8.99. The summed E-state index contributed by atoms with van der Waals surface area (Å²) in [6.07, 6.45) is 3.58. The maximum atomic E-state index is 11.5. The van der Waals surface area contributed by atoms with Gasteiger partial charge in [0.25, 0.3) is 0 Å². The van der Waals surface area contributed by atoms with E-state index < -0.39 is 11.5 Å². The zero-order valence-corrected chi connectivity index (χ0v) is 12.0. The fraction of sp³-hybridized carbons (Fsp3) is 0.364. The summed E-state index contributed by atoms with van der Waals surface area (Å²) < 4.78 is 2.09. The summed E-state index contributed by atoms with van der Waals surface area (Å²) in [7, 11) is 0. The van der Waals surface area contributed by atoms with Crippen LogP contribution in [0, 0.1) is 0 Å². The van der Waals surface area contributed by atoms with E-state index >= 15 is 0 Å². The molecule has 100 valence electrons. The Bertz CT molecular complexity index is 615. The van der Waals surface area contributed by atoms with Crippen molar-refractivity contribution < 1.29 is 9.90 Å². The van der Waals surface area contributed by atoms with Gasteiger partial charge in [-0.05, 0) is 45.8 Å². The summed E-state index contributed by atoms with van der Waals surface area (Å²) in [6.45, 7) is 3.36. The van der Waals surface area contributed by atoms with Crippen LogP contribution in [-0.2, 0) is 10.3 Å². The molecular weight excluding hydrogens is 314 g/mol. The molecule has 8 heteroatoms. The normalized spacial score (nSPS) is 14.1. The molecule has 0 aliphatic rings. The zero-order valence-electron chi connectivity index (χ0n) is 10.4. The molecule has 2 heterocycles. The molecule has 0 saturated carbocycles. The first-order valence-corrected chi connectivity index (χ1v) is 6.41. The Balaban J connectivity index is 2.57. The lowest BCUT2D eigenvalue weighted by molar-refractivity contribution is -0.147. The fourth-order valence-electron chi connectivity index (χ4n) is 1.63. The summed E-state index contributed by atoms with van der Waals surface area (Å²) in [5.41, 5.74) is -0.540. The molecule has 2 aromatic heterocycles. The van der Waals surface area contributed by atoms with Gasteiger partial charge in [-0.15, -0.1) is 5.10 Å². The Morgan fingerprint density at radius 3 is 2.84 bits per heavy atom. The third-order valence-electron chi connectivity index (χ3n) is 3.05. The van der Waals surface area contributed by atoms with E-state index in [9.17, 15) is 9.90 Å². The monoisotopic (exact) mass is 325 g/mol.